The molecule has 4 heteroatoms. The third-order valence-electron chi connectivity index (χ3n) is 2.87. The fourth-order valence-electron chi connectivity index (χ4n) is 1.91. The first kappa shape index (κ1) is 12.0. The van der Waals surface area contributed by atoms with E-state index in [1.807, 2.05) is 0 Å². The number of rotatable bonds is 3. The zero-order valence-electron chi connectivity index (χ0n) is 7.91. The van der Waals surface area contributed by atoms with Crippen LogP contribution in [0.3, 0.4) is 0 Å². The van der Waals surface area contributed by atoms with Crippen molar-refractivity contribution < 1.29 is 0 Å². The minimum atomic E-state index is 0. The van der Waals surface area contributed by atoms with Gasteiger partial charge in [0.15, 0.2) is 0 Å². The van der Waals surface area contributed by atoms with Crippen molar-refractivity contribution in [3.05, 3.63) is 0 Å². The van der Waals surface area contributed by atoms with Gasteiger partial charge in [-0.2, -0.15) is 0 Å². The van der Waals surface area contributed by atoms with Crippen LogP contribution in [0.4, 0.5) is 0 Å². The third-order valence-corrected chi connectivity index (χ3v) is 3.23. The van der Waals surface area contributed by atoms with Crippen molar-refractivity contribution in [3.8, 4) is 0 Å². The molecule has 0 spiro atoms. The molecule has 0 N–H and O–H groups in total. The predicted molar refractivity (Wildman–Crippen MR) is 65.2 cm³/mol. The summed E-state index contributed by atoms with van der Waals surface area (Å²) in [6.07, 6.45) is 2.91. The second-order valence-electron chi connectivity index (χ2n) is 3.80. The number of hydrogen-bond acceptors (Lipinski definition) is 2. The quantitative estimate of drug-likeness (QED) is 0.732. The van der Waals surface area contributed by atoms with Crippen molar-refractivity contribution in [2.24, 2.45) is 0 Å². The van der Waals surface area contributed by atoms with Crippen LogP contribution in [-0.4, -0.2) is 53.9 Å². The minimum Gasteiger partial charge on any atom is -0.300 e. The van der Waals surface area contributed by atoms with E-state index in [2.05, 4.69) is 25.7 Å². The Morgan fingerprint density at radius 2 is 1.69 bits per heavy atom. The van der Waals surface area contributed by atoms with Gasteiger partial charge >= 0.3 is 0 Å². The van der Waals surface area contributed by atoms with Gasteiger partial charge in [0.1, 0.15) is 0 Å². The molecule has 13 heavy (non-hydrogen) atoms. The number of nitrogens with zero attached hydrogens (tertiary/aromatic N) is 2. The van der Waals surface area contributed by atoms with E-state index in [9.17, 15) is 0 Å². The van der Waals surface area contributed by atoms with Gasteiger partial charge in [0.25, 0.3) is 0 Å². The molecule has 2 fully saturated rings. The molecule has 0 aromatic rings. The van der Waals surface area contributed by atoms with E-state index in [1.165, 1.54) is 45.6 Å². The summed E-state index contributed by atoms with van der Waals surface area (Å²) in [4.78, 5) is 5.21. The first-order chi connectivity index (χ1) is 5.90. The van der Waals surface area contributed by atoms with E-state index in [0.29, 0.717) is 0 Å². The lowest BCUT2D eigenvalue weighted by Crippen LogP contribution is -2.47. The van der Waals surface area contributed by atoms with Gasteiger partial charge in [0.2, 0.25) is 0 Å². The molecule has 0 aromatic heterocycles. The molecule has 0 aromatic carbocycles. The zero-order chi connectivity index (χ0) is 8.39. The minimum absolute atomic E-state index is 0. The van der Waals surface area contributed by atoms with Crippen LogP contribution in [0.1, 0.15) is 12.8 Å². The molecular formula is C9H18Br2N2. The maximum atomic E-state index is 3.49. The van der Waals surface area contributed by atoms with E-state index in [4.69, 9.17) is 0 Å². The summed E-state index contributed by atoms with van der Waals surface area (Å²) >= 11 is 3.49. The van der Waals surface area contributed by atoms with E-state index in [0.717, 1.165) is 11.4 Å². The Bertz CT molecular complexity index is 143. The maximum absolute atomic E-state index is 3.49. The van der Waals surface area contributed by atoms with Gasteiger partial charge in [-0.15, -0.1) is 17.0 Å². The number of halogens is 2. The monoisotopic (exact) mass is 312 g/mol. The number of hydrogen-bond donors (Lipinski definition) is 0. The molecule has 78 valence electrons. The topological polar surface area (TPSA) is 6.48 Å². The van der Waals surface area contributed by atoms with Gasteiger partial charge in [-0.3, -0.25) is 9.80 Å². The smallest absolute Gasteiger partial charge is 0.0159 e. The van der Waals surface area contributed by atoms with E-state index in [1.54, 1.807) is 0 Å². The molecule has 0 bridgehead atoms. The molecule has 1 saturated heterocycles. The molecule has 2 nitrogen and oxygen atoms in total. The average Bonchev–Trinajstić information content (AvgIpc) is 2.89. The summed E-state index contributed by atoms with van der Waals surface area (Å²) in [6.45, 7) is 6.39. The number of piperazine rings is 1. The van der Waals surface area contributed by atoms with Gasteiger partial charge in [0.05, 0.1) is 0 Å². The lowest BCUT2D eigenvalue weighted by atomic mass is 10.3. The predicted octanol–water partition coefficient (Wildman–Crippen LogP) is 1.74. The molecule has 0 amide bonds. The molecule has 1 aliphatic carbocycles. The van der Waals surface area contributed by atoms with Gasteiger partial charge in [-0.05, 0) is 12.8 Å². The Morgan fingerprint density at radius 1 is 1.08 bits per heavy atom. The summed E-state index contributed by atoms with van der Waals surface area (Å²) in [6, 6.07) is 0.969. The second-order valence-corrected chi connectivity index (χ2v) is 4.59. The summed E-state index contributed by atoms with van der Waals surface area (Å²) in [5.41, 5.74) is 0. The number of alkyl halides is 1. The summed E-state index contributed by atoms with van der Waals surface area (Å²) < 4.78 is 0. The lowest BCUT2D eigenvalue weighted by Gasteiger charge is -2.34. The van der Waals surface area contributed by atoms with Gasteiger partial charge < -0.3 is 0 Å². The summed E-state index contributed by atoms with van der Waals surface area (Å²) in [7, 11) is 0. The Morgan fingerprint density at radius 3 is 2.15 bits per heavy atom. The van der Waals surface area contributed by atoms with Crippen LogP contribution in [0.15, 0.2) is 0 Å². The maximum Gasteiger partial charge on any atom is 0.0159 e. The molecule has 0 radical (unpaired) electrons. The molecule has 2 rings (SSSR count). The van der Waals surface area contributed by atoms with Crippen molar-refractivity contribution in [1.82, 2.24) is 9.80 Å². The summed E-state index contributed by atoms with van der Waals surface area (Å²) in [5, 5.41) is 1.12. The molecule has 1 aliphatic heterocycles. The van der Waals surface area contributed by atoms with Gasteiger partial charge in [-0.1, -0.05) is 15.9 Å². The van der Waals surface area contributed by atoms with Crippen LogP contribution in [0.2, 0.25) is 0 Å². The van der Waals surface area contributed by atoms with Crippen molar-refractivity contribution in [2.45, 2.75) is 18.9 Å². The van der Waals surface area contributed by atoms with Crippen molar-refractivity contribution in [1.29, 1.82) is 0 Å². The van der Waals surface area contributed by atoms with E-state index < -0.39 is 0 Å². The van der Waals surface area contributed by atoms with Crippen LogP contribution in [0.5, 0.6) is 0 Å². The molecule has 0 atom stereocenters. The average molecular weight is 314 g/mol. The molecule has 1 heterocycles. The highest BCUT2D eigenvalue weighted by Crippen LogP contribution is 2.27. The van der Waals surface area contributed by atoms with Gasteiger partial charge in [-0.25, -0.2) is 0 Å². The molecule has 2 aliphatic rings. The largest absolute Gasteiger partial charge is 0.300 e. The second kappa shape index (κ2) is 5.69. The molecule has 1 saturated carbocycles. The molecular weight excluding hydrogens is 296 g/mol. The van der Waals surface area contributed by atoms with E-state index >= 15 is 0 Å². The first-order valence-electron chi connectivity index (χ1n) is 4.92. The Balaban J connectivity index is 0.000000845. The highest BCUT2D eigenvalue weighted by atomic mass is 79.9. The van der Waals surface area contributed by atoms with Crippen molar-refractivity contribution in [3.63, 3.8) is 0 Å². The standard InChI is InChI=1S/C9H17BrN2.BrH/c10-3-4-11-5-7-12(8-6-11)9-1-2-9;/h9H,1-8H2;1H. The SMILES string of the molecule is Br.BrCCN1CCN(C2CC2)CC1. The van der Waals surface area contributed by atoms with Gasteiger partial charge in [0, 0.05) is 44.1 Å². The Hall–Kier alpha value is 0.880. The van der Waals surface area contributed by atoms with Crippen LogP contribution in [-0.2, 0) is 0 Å². The van der Waals surface area contributed by atoms with Crippen LogP contribution >= 0.6 is 32.9 Å². The van der Waals surface area contributed by atoms with Crippen LogP contribution in [0.25, 0.3) is 0 Å². The highest BCUT2D eigenvalue weighted by Gasteiger charge is 2.30. The normalized spacial score (nSPS) is 25.6. The zero-order valence-corrected chi connectivity index (χ0v) is 11.2. The fraction of sp³-hybridized carbons (Fsp3) is 1.00. The lowest BCUT2D eigenvalue weighted by molar-refractivity contribution is 0.132. The summed E-state index contributed by atoms with van der Waals surface area (Å²) in [5.74, 6) is 0. The van der Waals surface area contributed by atoms with Crippen LogP contribution < -0.4 is 0 Å². The van der Waals surface area contributed by atoms with Crippen molar-refractivity contribution in [2.75, 3.05) is 38.1 Å². The fourth-order valence-corrected chi connectivity index (χ4v) is 2.41. The van der Waals surface area contributed by atoms with Crippen LogP contribution in [0, 0.1) is 0 Å². The van der Waals surface area contributed by atoms with Crippen molar-refractivity contribution >= 4 is 32.9 Å². The Kier molecular flexibility index (Phi) is 5.23. The molecule has 0 unspecified atom stereocenters. The highest BCUT2D eigenvalue weighted by molar-refractivity contribution is 9.09. The third kappa shape index (κ3) is 3.50. The first-order valence-corrected chi connectivity index (χ1v) is 6.04. The Labute approximate surface area is 99.5 Å². The van der Waals surface area contributed by atoms with E-state index in [-0.39, 0.29) is 17.0 Å².